The topological polar surface area (TPSA) is 29.3 Å². The van der Waals surface area contributed by atoms with Crippen molar-refractivity contribution in [3.05, 3.63) is 34.6 Å². The van der Waals surface area contributed by atoms with Crippen molar-refractivity contribution < 1.29 is 4.39 Å². The van der Waals surface area contributed by atoms with E-state index in [0.29, 0.717) is 23.2 Å². The van der Waals surface area contributed by atoms with E-state index in [4.69, 9.17) is 17.3 Å². The van der Waals surface area contributed by atoms with Crippen molar-refractivity contribution in [1.82, 2.24) is 4.90 Å². The summed E-state index contributed by atoms with van der Waals surface area (Å²) in [5.41, 5.74) is 6.38. The summed E-state index contributed by atoms with van der Waals surface area (Å²) in [5, 5.41) is 0.468. The fourth-order valence-corrected chi connectivity index (χ4v) is 3.17. The van der Waals surface area contributed by atoms with Crippen molar-refractivity contribution in [3.63, 3.8) is 0 Å². The van der Waals surface area contributed by atoms with E-state index >= 15 is 0 Å². The molecule has 0 aromatic heterocycles. The van der Waals surface area contributed by atoms with Crippen molar-refractivity contribution in [1.29, 1.82) is 0 Å². The number of hydrogen-bond acceptors (Lipinski definition) is 2. The van der Waals surface area contributed by atoms with Gasteiger partial charge in [0.05, 0.1) is 6.04 Å². The molecule has 1 aliphatic rings. The first-order valence-corrected chi connectivity index (χ1v) is 6.89. The average molecular weight is 271 g/mol. The summed E-state index contributed by atoms with van der Waals surface area (Å²) >= 11 is 6.13. The fourth-order valence-electron chi connectivity index (χ4n) is 2.88. The third-order valence-electron chi connectivity index (χ3n) is 3.95. The molecule has 0 heterocycles. The van der Waals surface area contributed by atoms with Gasteiger partial charge >= 0.3 is 0 Å². The van der Waals surface area contributed by atoms with Crippen LogP contribution in [0.25, 0.3) is 0 Å². The highest BCUT2D eigenvalue weighted by atomic mass is 35.5. The number of hydrogen-bond donors (Lipinski definition) is 1. The summed E-state index contributed by atoms with van der Waals surface area (Å²) in [6.45, 7) is 0.383. The lowest BCUT2D eigenvalue weighted by Crippen LogP contribution is -2.37. The number of benzene rings is 1. The molecule has 0 spiro atoms. The highest BCUT2D eigenvalue weighted by molar-refractivity contribution is 6.31. The molecule has 100 valence electrons. The van der Waals surface area contributed by atoms with Gasteiger partial charge in [-0.1, -0.05) is 30.5 Å². The van der Waals surface area contributed by atoms with Gasteiger partial charge < -0.3 is 5.73 Å². The molecule has 0 amide bonds. The Morgan fingerprint density at radius 1 is 1.44 bits per heavy atom. The molecule has 18 heavy (non-hydrogen) atoms. The van der Waals surface area contributed by atoms with E-state index in [-0.39, 0.29) is 11.9 Å². The van der Waals surface area contributed by atoms with Crippen molar-refractivity contribution in [2.75, 3.05) is 13.6 Å². The van der Waals surface area contributed by atoms with Gasteiger partial charge in [0.2, 0.25) is 0 Å². The second kappa shape index (κ2) is 6.00. The molecular weight excluding hydrogens is 251 g/mol. The molecule has 2 N–H and O–H groups in total. The quantitative estimate of drug-likeness (QED) is 0.909. The van der Waals surface area contributed by atoms with Crippen LogP contribution in [0.3, 0.4) is 0 Å². The first kappa shape index (κ1) is 13.8. The number of nitrogens with zero attached hydrogens (tertiary/aromatic N) is 1. The van der Waals surface area contributed by atoms with Gasteiger partial charge in [0.15, 0.2) is 0 Å². The predicted octanol–water partition coefficient (Wildman–Crippen LogP) is 3.35. The van der Waals surface area contributed by atoms with Gasteiger partial charge in [0.1, 0.15) is 5.82 Å². The summed E-state index contributed by atoms with van der Waals surface area (Å²) in [5.74, 6) is -0.261. The predicted molar refractivity (Wildman–Crippen MR) is 73.2 cm³/mol. The number of halogens is 2. The Bertz CT molecular complexity index is 385. The Balaban J connectivity index is 2.27. The summed E-state index contributed by atoms with van der Waals surface area (Å²) in [7, 11) is 2.02. The summed E-state index contributed by atoms with van der Waals surface area (Å²) in [6.07, 6.45) is 4.83. The van der Waals surface area contributed by atoms with Crippen LogP contribution in [-0.4, -0.2) is 24.5 Å². The number of likely N-dealkylation sites (N-methyl/N-ethyl adjacent to an activating group) is 1. The van der Waals surface area contributed by atoms with E-state index in [9.17, 15) is 4.39 Å². The second-order valence-corrected chi connectivity index (χ2v) is 5.40. The highest BCUT2D eigenvalue weighted by Crippen LogP contribution is 2.33. The molecule has 1 aliphatic carbocycles. The van der Waals surface area contributed by atoms with Gasteiger partial charge in [0, 0.05) is 23.2 Å². The molecule has 0 saturated heterocycles. The minimum atomic E-state index is -0.261. The standard InChI is InChI=1S/C14H20ClFN2/c1-18(10-5-2-3-6-10)13(9-17)14-11(15)7-4-8-12(14)16/h4,7-8,10,13H,2-3,5-6,9,17H2,1H3. The van der Waals surface area contributed by atoms with E-state index in [2.05, 4.69) is 4.90 Å². The van der Waals surface area contributed by atoms with E-state index in [1.54, 1.807) is 12.1 Å². The van der Waals surface area contributed by atoms with Crippen molar-refractivity contribution in [2.45, 2.75) is 37.8 Å². The highest BCUT2D eigenvalue weighted by Gasteiger charge is 2.28. The third kappa shape index (κ3) is 2.68. The van der Waals surface area contributed by atoms with Gasteiger partial charge in [-0.15, -0.1) is 0 Å². The Morgan fingerprint density at radius 2 is 2.11 bits per heavy atom. The van der Waals surface area contributed by atoms with E-state index < -0.39 is 0 Å². The van der Waals surface area contributed by atoms with Gasteiger partial charge in [0.25, 0.3) is 0 Å². The minimum absolute atomic E-state index is 0.137. The van der Waals surface area contributed by atoms with E-state index in [1.807, 2.05) is 7.05 Å². The zero-order valence-corrected chi connectivity index (χ0v) is 11.5. The van der Waals surface area contributed by atoms with Crippen LogP contribution in [0.5, 0.6) is 0 Å². The van der Waals surface area contributed by atoms with Crippen LogP contribution in [0.15, 0.2) is 18.2 Å². The molecule has 1 fully saturated rings. The molecule has 2 rings (SSSR count). The summed E-state index contributed by atoms with van der Waals surface area (Å²) in [4.78, 5) is 2.19. The maximum Gasteiger partial charge on any atom is 0.129 e. The number of nitrogens with two attached hydrogens (primary N) is 1. The van der Waals surface area contributed by atoms with Gasteiger partial charge in [-0.05, 0) is 32.0 Å². The Kier molecular flexibility index (Phi) is 4.60. The van der Waals surface area contributed by atoms with Crippen LogP contribution in [0.1, 0.15) is 37.3 Å². The van der Waals surface area contributed by atoms with Crippen molar-refractivity contribution in [2.24, 2.45) is 5.73 Å². The molecule has 0 bridgehead atoms. The zero-order valence-electron chi connectivity index (χ0n) is 10.7. The monoisotopic (exact) mass is 270 g/mol. The Morgan fingerprint density at radius 3 is 2.67 bits per heavy atom. The van der Waals surface area contributed by atoms with Gasteiger partial charge in [-0.2, -0.15) is 0 Å². The smallest absolute Gasteiger partial charge is 0.129 e. The molecule has 1 aromatic rings. The van der Waals surface area contributed by atoms with E-state index in [0.717, 1.165) is 0 Å². The lowest BCUT2D eigenvalue weighted by Gasteiger charge is -2.33. The van der Waals surface area contributed by atoms with Crippen LogP contribution >= 0.6 is 11.6 Å². The van der Waals surface area contributed by atoms with Crippen molar-refractivity contribution >= 4 is 11.6 Å². The normalized spacial score (nSPS) is 18.5. The molecular formula is C14H20ClFN2. The molecule has 2 nitrogen and oxygen atoms in total. The molecule has 1 unspecified atom stereocenters. The van der Waals surface area contributed by atoms with Gasteiger partial charge in [-0.3, -0.25) is 4.90 Å². The lowest BCUT2D eigenvalue weighted by molar-refractivity contribution is 0.176. The largest absolute Gasteiger partial charge is 0.329 e. The molecule has 0 radical (unpaired) electrons. The zero-order chi connectivity index (χ0) is 13.1. The summed E-state index contributed by atoms with van der Waals surface area (Å²) in [6, 6.07) is 5.16. The molecule has 4 heteroatoms. The lowest BCUT2D eigenvalue weighted by atomic mass is 10.0. The maximum atomic E-state index is 14.0. The molecule has 1 aromatic carbocycles. The minimum Gasteiger partial charge on any atom is -0.329 e. The van der Waals surface area contributed by atoms with E-state index in [1.165, 1.54) is 31.7 Å². The van der Waals surface area contributed by atoms with Crippen molar-refractivity contribution in [3.8, 4) is 0 Å². The molecule has 1 saturated carbocycles. The number of rotatable bonds is 4. The Hall–Kier alpha value is -0.640. The first-order valence-electron chi connectivity index (χ1n) is 6.51. The van der Waals surface area contributed by atoms with Gasteiger partial charge in [-0.25, -0.2) is 4.39 Å². The second-order valence-electron chi connectivity index (χ2n) is 4.99. The Labute approximate surface area is 113 Å². The first-order chi connectivity index (χ1) is 8.65. The van der Waals surface area contributed by atoms with Crippen LogP contribution in [0.4, 0.5) is 4.39 Å². The summed E-state index contributed by atoms with van der Waals surface area (Å²) < 4.78 is 14.0. The van der Waals surface area contributed by atoms with Crippen LogP contribution < -0.4 is 5.73 Å². The average Bonchev–Trinajstić information content (AvgIpc) is 2.87. The van der Waals surface area contributed by atoms with Crippen LogP contribution in [-0.2, 0) is 0 Å². The SMILES string of the molecule is CN(C1CCCC1)C(CN)c1c(F)cccc1Cl. The fraction of sp³-hybridized carbons (Fsp3) is 0.571. The molecule has 0 aliphatic heterocycles. The third-order valence-corrected chi connectivity index (χ3v) is 4.28. The molecule has 1 atom stereocenters. The van der Waals surface area contributed by atoms with Crippen LogP contribution in [0, 0.1) is 5.82 Å². The maximum absolute atomic E-state index is 14.0. The van der Waals surface area contributed by atoms with Crippen LogP contribution in [0.2, 0.25) is 5.02 Å².